The highest BCUT2D eigenvalue weighted by atomic mass is 15.3. The average molecular weight is 335 g/mol. The van der Waals surface area contributed by atoms with Crippen molar-refractivity contribution in [3.05, 3.63) is 42.1 Å². The highest BCUT2D eigenvalue weighted by Gasteiger charge is 2.29. The van der Waals surface area contributed by atoms with Gasteiger partial charge in [-0.25, -0.2) is 9.97 Å². The van der Waals surface area contributed by atoms with E-state index in [-0.39, 0.29) is 0 Å². The van der Waals surface area contributed by atoms with E-state index >= 15 is 0 Å². The molecule has 3 aromatic heterocycles. The van der Waals surface area contributed by atoms with E-state index in [0.29, 0.717) is 12.5 Å². The average Bonchev–Trinajstić information content (AvgIpc) is 3.18. The molecule has 0 unspecified atom stereocenters. The number of anilines is 2. The van der Waals surface area contributed by atoms with Crippen LogP contribution >= 0.6 is 0 Å². The van der Waals surface area contributed by atoms with Gasteiger partial charge in [-0.05, 0) is 43.4 Å². The third kappa shape index (κ3) is 2.79. The summed E-state index contributed by atoms with van der Waals surface area (Å²) in [5, 5.41) is 12.1. The molecule has 25 heavy (non-hydrogen) atoms. The van der Waals surface area contributed by atoms with E-state index in [2.05, 4.69) is 40.8 Å². The first-order chi connectivity index (χ1) is 12.4. The molecule has 0 atom stereocenters. The SMILES string of the molecule is c1cc(CNc2nccn3c(C4CC4)nnc23)cc(N2CCCC2)n1. The summed E-state index contributed by atoms with van der Waals surface area (Å²) in [6.45, 7) is 2.91. The summed E-state index contributed by atoms with van der Waals surface area (Å²) in [6.07, 6.45) is 10.6. The quantitative estimate of drug-likeness (QED) is 0.773. The number of nitrogens with zero attached hydrogens (tertiary/aromatic N) is 6. The Kier molecular flexibility index (Phi) is 3.50. The Bertz CT molecular complexity index is 893. The second-order valence-electron chi connectivity index (χ2n) is 6.87. The summed E-state index contributed by atoms with van der Waals surface area (Å²) in [4.78, 5) is 11.3. The summed E-state index contributed by atoms with van der Waals surface area (Å²) in [6, 6.07) is 4.21. The van der Waals surface area contributed by atoms with Gasteiger partial charge in [0.2, 0.25) is 5.65 Å². The van der Waals surface area contributed by atoms with E-state index in [1.165, 1.54) is 31.2 Å². The number of pyridine rings is 1. The molecular formula is C18H21N7. The molecule has 1 aliphatic carbocycles. The van der Waals surface area contributed by atoms with Crippen molar-refractivity contribution in [3.63, 3.8) is 0 Å². The van der Waals surface area contributed by atoms with Crippen molar-refractivity contribution in [1.82, 2.24) is 24.6 Å². The number of rotatable bonds is 5. The second kappa shape index (κ2) is 5.98. The molecule has 5 rings (SSSR count). The summed E-state index contributed by atoms with van der Waals surface area (Å²) in [7, 11) is 0. The lowest BCUT2D eigenvalue weighted by atomic mass is 10.2. The Morgan fingerprint density at radius 1 is 1.08 bits per heavy atom. The van der Waals surface area contributed by atoms with Crippen LogP contribution in [0.4, 0.5) is 11.6 Å². The molecule has 1 saturated carbocycles. The Balaban J connectivity index is 1.36. The molecule has 2 aliphatic rings. The van der Waals surface area contributed by atoms with Crippen LogP contribution in [0.1, 0.15) is 43.0 Å². The van der Waals surface area contributed by atoms with Gasteiger partial charge in [0.25, 0.3) is 0 Å². The summed E-state index contributed by atoms with van der Waals surface area (Å²) < 4.78 is 2.06. The number of hydrogen-bond donors (Lipinski definition) is 1. The number of fused-ring (bicyclic) bond motifs is 1. The summed E-state index contributed by atoms with van der Waals surface area (Å²) in [5.41, 5.74) is 2.00. The molecule has 0 spiro atoms. The molecule has 1 N–H and O–H groups in total. The minimum atomic E-state index is 0.563. The first-order valence-corrected chi connectivity index (χ1v) is 9.02. The van der Waals surface area contributed by atoms with E-state index < -0.39 is 0 Å². The van der Waals surface area contributed by atoms with Crippen LogP contribution in [-0.4, -0.2) is 37.7 Å². The molecule has 3 aromatic rings. The van der Waals surface area contributed by atoms with Crippen molar-refractivity contribution in [2.45, 2.75) is 38.1 Å². The standard InChI is InChI=1S/C18H21N7/c1-2-9-24(8-1)15-11-13(5-6-19-15)12-21-16-18-23-22-17(14-3-4-14)25(18)10-7-20-16/h5-7,10-11,14H,1-4,8-9,12H2,(H,20,21). The van der Waals surface area contributed by atoms with E-state index in [4.69, 9.17) is 0 Å². The minimum Gasteiger partial charge on any atom is -0.363 e. The highest BCUT2D eigenvalue weighted by Crippen LogP contribution is 2.39. The molecule has 0 aromatic carbocycles. The Morgan fingerprint density at radius 2 is 1.96 bits per heavy atom. The normalized spacial score (nSPS) is 17.4. The van der Waals surface area contributed by atoms with Crippen LogP contribution < -0.4 is 10.2 Å². The lowest BCUT2D eigenvalue weighted by Gasteiger charge is -2.17. The maximum Gasteiger partial charge on any atom is 0.203 e. The molecular weight excluding hydrogens is 314 g/mol. The van der Waals surface area contributed by atoms with Gasteiger partial charge in [-0.1, -0.05) is 0 Å². The fourth-order valence-electron chi connectivity index (χ4n) is 3.46. The summed E-state index contributed by atoms with van der Waals surface area (Å²) in [5.74, 6) is 3.47. The van der Waals surface area contributed by atoms with Gasteiger partial charge in [-0.2, -0.15) is 0 Å². The Morgan fingerprint density at radius 3 is 2.80 bits per heavy atom. The van der Waals surface area contributed by atoms with Crippen LogP contribution in [0.3, 0.4) is 0 Å². The molecule has 2 fully saturated rings. The zero-order chi connectivity index (χ0) is 16.6. The predicted octanol–water partition coefficient (Wildman–Crippen LogP) is 2.61. The zero-order valence-electron chi connectivity index (χ0n) is 14.1. The van der Waals surface area contributed by atoms with Crippen LogP contribution in [0.5, 0.6) is 0 Å². The van der Waals surface area contributed by atoms with Gasteiger partial charge in [-0.3, -0.25) is 4.40 Å². The lowest BCUT2D eigenvalue weighted by Crippen LogP contribution is -2.19. The smallest absolute Gasteiger partial charge is 0.203 e. The lowest BCUT2D eigenvalue weighted by molar-refractivity contribution is 0.894. The van der Waals surface area contributed by atoms with Crippen LogP contribution in [0.25, 0.3) is 5.65 Å². The molecule has 0 amide bonds. The van der Waals surface area contributed by atoms with Gasteiger partial charge in [0, 0.05) is 44.1 Å². The van der Waals surface area contributed by atoms with Crippen molar-refractivity contribution >= 4 is 17.3 Å². The Labute approximate surface area is 146 Å². The molecule has 0 radical (unpaired) electrons. The predicted molar refractivity (Wildman–Crippen MR) is 95.8 cm³/mol. The van der Waals surface area contributed by atoms with Crippen molar-refractivity contribution in [2.24, 2.45) is 0 Å². The maximum atomic E-state index is 4.51. The number of hydrogen-bond acceptors (Lipinski definition) is 6. The van der Waals surface area contributed by atoms with Crippen LogP contribution in [-0.2, 0) is 6.54 Å². The molecule has 7 nitrogen and oxygen atoms in total. The van der Waals surface area contributed by atoms with Gasteiger partial charge >= 0.3 is 0 Å². The molecule has 1 aliphatic heterocycles. The number of nitrogens with one attached hydrogen (secondary N) is 1. The van der Waals surface area contributed by atoms with Gasteiger partial charge < -0.3 is 10.2 Å². The van der Waals surface area contributed by atoms with E-state index in [0.717, 1.165) is 36.2 Å². The first-order valence-electron chi connectivity index (χ1n) is 9.02. The van der Waals surface area contributed by atoms with Gasteiger partial charge in [0.15, 0.2) is 5.82 Å². The monoisotopic (exact) mass is 335 g/mol. The molecule has 0 bridgehead atoms. The third-order valence-electron chi connectivity index (χ3n) is 5.00. The fraction of sp³-hybridized carbons (Fsp3) is 0.444. The minimum absolute atomic E-state index is 0.563. The maximum absolute atomic E-state index is 4.51. The molecule has 7 heteroatoms. The van der Waals surface area contributed by atoms with Crippen molar-refractivity contribution < 1.29 is 0 Å². The molecule has 4 heterocycles. The van der Waals surface area contributed by atoms with Crippen LogP contribution in [0.2, 0.25) is 0 Å². The van der Waals surface area contributed by atoms with Crippen molar-refractivity contribution in [2.75, 3.05) is 23.3 Å². The van der Waals surface area contributed by atoms with Gasteiger partial charge in [-0.15, -0.1) is 10.2 Å². The highest BCUT2D eigenvalue weighted by molar-refractivity contribution is 5.62. The fourth-order valence-corrected chi connectivity index (χ4v) is 3.46. The largest absolute Gasteiger partial charge is 0.363 e. The van der Waals surface area contributed by atoms with Crippen molar-refractivity contribution in [1.29, 1.82) is 0 Å². The topological polar surface area (TPSA) is 71.2 Å². The van der Waals surface area contributed by atoms with E-state index in [1.54, 1.807) is 0 Å². The second-order valence-corrected chi connectivity index (χ2v) is 6.87. The van der Waals surface area contributed by atoms with Crippen molar-refractivity contribution in [3.8, 4) is 0 Å². The molecule has 1 saturated heterocycles. The molecule has 128 valence electrons. The van der Waals surface area contributed by atoms with E-state index in [9.17, 15) is 0 Å². The zero-order valence-corrected chi connectivity index (χ0v) is 14.1. The van der Waals surface area contributed by atoms with Crippen LogP contribution in [0.15, 0.2) is 30.7 Å². The van der Waals surface area contributed by atoms with E-state index in [1.807, 2.05) is 24.7 Å². The first kappa shape index (κ1) is 14.6. The summed E-state index contributed by atoms with van der Waals surface area (Å²) >= 11 is 0. The Hall–Kier alpha value is -2.70. The van der Waals surface area contributed by atoms with Gasteiger partial charge in [0.1, 0.15) is 11.6 Å². The van der Waals surface area contributed by atoms with Crippen LogP contribution in [0, 0.1) is 0 Å². The number of aromatic nitrogens is 5. The third-order valence-corrected chi connectivity index (χ3v) is 5.00. The van der Waals surface area contributed by atoms with Gasteiger partial charge in [0.05, 0.1) is 0 Å².